The van der Waals surface area contributed by atoms with Gasteiger partial charge in [0.15, 0.2) is 0 Å². The number of para-hydroxylation sites is 1. The highest BCUT2D eigenvalue weighted by molar-refractivity contribution is 6.10. The normalized spacial score (nSPS) is 20.7. The molecule has 2 unspecified atom stereocenters. The van der Waals surface area contributed by atoms with Gasteiger partial charge in [0.1, 0.15) is 0 Å². The molecule has 2 N–H and O–H groups in total. The minimum Gasteiger partial charge on any atom is -0.368 e. The van der Waals surface area contributed by atoms with Gasteiger partial charge in [-0.25, -0.2) is 0 Å². The van der Waals surface area contributed by atoms with Crippen LogP contribution in [0, 0.1) is 11.8 Å². The number of nitrogen functional groups attached to an aromatic ring is 1. The number of piperidine rings is 1. The first-order valence-corrected chi connectivity index (χ1v) is 11.0. The van der Waals surface area contributed by atoms with Crippen LogP contribution >= 0.6 is 0 Å². The van der Waals surface area contributed by atoms with Gasteiger partial charge in [0, 0.05) is 12.7 Å². The van der Waals surface area contributed by atoms with Crippen molar-refractivity contribution in [3.63, 3.8) is 0 Å². The second kappa shape index (κ2) is 7.97. The van der Waals surface area contributed by atoms with Crippen molar-refractivity contribution < 1.29 is 14.1 Å². The van der Waals surface area contributed by atoms with Crippen LogP contribution in [0.1, 0.15) is 17.4 Å². The van der Waals surface area contributed by atoms with Gasteiger partial charge in [-0.3, -0.25) is 14.5 Å². The van der Waals surface area contributed by atoms with E-state index in [1.165, 1.54) is 4.90 Å². The van der Waals surface area contributed by atoms with Gasteiger partial charge in [0.25, 0.3) is 0 Å². The number of carbonyl (C=O) groups excluding carboxylic acids is 2. The minimum absolute atomic E-state index is 0.00401. The molecule has 2 aromatic carbocycles. The predicted octanol–water partition coefficient (Wildman–Crippen LogP) is 2.17. The van der Waals surface area contributed by atoms with E-state index in [9.17, 15) is 9.59 Å². The summed E-state index contributed by atoms with van der Waals surface area (Å²) in [5.41, 5.74) is 7.67. The van der Waals surface area contributed by atoms with Crippen molar-refractivity contribution >= 4 is 29.4 Å². The topological polar surface area (TPSA) is 144 Å². The minimum atomic E-state index is -0.484. The molecule has 4 aromatic rings. The molecule has 2 aliphatic rings. The molecule has 35 heavy (non-hydrogen) atoms. The maximum Gasteiger partial charge on any atom is 0.240 e. The molecule has 0 radical (unpaired) electrons. The van der Waals surface area contributed by atoms with Gasteiger partial charge in [-0.15, -0.1) is 0 Å². The van der Waals surface area contributed by atoms with Crippen LogP contribution in [0.5, 0.6) is 0 Å². The van der Waals surface area contributed by atoms with Crippen molar-refractivity contribution in [2.75, 3.05) is 17.7 Å². The molecule has 3 heterocycles. The fraction of sp³-hybridized carbons (Fsp3) is 0.208. The molecule has 11 nitrogen and oxygen atoms in total. The van der Waals surface area contributed by atoms with Gasteiger partial charge >= 0.3 is 0 Å². The van der Waals surface area contributed by atoms with Gasteiger partial charge < -0.3 is 15.2 Å². The van der Waals surface area contributed by atoms with Crippen LogP contribution in [0.15, 0.2) is 65.2 Å². The molecule has 6 rings (SSSR count). The number of fused-ring (bicyclic) bond motifs is 1. The average Bonchev–Trinajstić information content (AvgIpc) is 3.34. The van der Waals surface area contributed by atoms with E-state index in [4.69, 9.17) is 10.3 Å². The second-order valence-corrected chi connectivity index (χ2v) is 8.49. The van der Waals surface area contributed by atoms with Gasteiger partial charge in [0.2, 0.25) is 41.3 Å². The highest BCUT2D eigenvalue weighted by Crippen LogP contribution is 2.59. The molecule has 2 amide bonds. The van der Waals surface area contributed by atoms with Gasteiger partial charge in [-0.2, -0.15) is 19.9 Å². The lowest BCUT2D eigenvalue weighted by Gasteiger charge is -2.17. The Morgan fingerprint density at radius 1 is 0.857 bits per heavy atom. The SMILES string of the molecule is CN(c1ccccc1)c1nc(N)nc(-c2noc(C3C4C(=O)N(Cc5ccccc5)C(=O)C43)n2)n1. The zero-order valence-electron chi connectivity index (χ0n) is 18.6. The van der Waals surface area contributed by atoms with E-state index >= 15 is 0 Å². The third kappa shape index (κ3) is 3.57. The van der Waals surface area contributed by atoms with E-state index in [1.54, 1.807) is 11.9 Å². The molecule has 1 aliphatic carbocycles. The fourth-order valence-corrected chi connectivity index (χ4v) is 4.48. The molecular formula is C24H20N8O3. The maximum absolute atomic E-state index is 12.9. The van der Waals surface area contributed by atoms with Crippen LogP contribution < -0.4 is 10.6 Å². The van der Waals surface area contributed by atoms with E-state index in [-0.39, 0.29) is 41.8 Å². The standard InChI is InChI=1S/C24H20N8O3/c1-31(14-10-6-3-7-11-14)24-28-18(27-23(25)29-24)19-26-20(35-30-19)15-16-17(15)22(34)32(21(16)33)12-13-8-4-2-5-9-13/h2-11,15-17H,12H2,1H3,(H2,25,27,28,29). The van der Waals surface area contributed by atoms with Crippen molar-refractivity contribution in [3.05, 3.63) is 72.1 Å². The molecule has 1 saturated heterocycles. The Balaban J connectivity index is 1.21. The Bertz CT molecular complexity index is 1400. The monoisotopic (exact) mass is 468 g/mol. The quantitative estimate of drug-likeness (QED) is 0.418. The van der Waals surface area contributed by atoms with Crippen molar-refractivity contribution in [1.82, 2.24) is 30.0 Å². The van der Waals surface area contributed by atoms with E-state index in [0.717, 1.165) is 11.3 Å². The number of imide groups is 1. The summed E-state index contributed by atoms with van der Waals surface area (Å²) in [6, 6.07) is 18.9. The van der Waals surface area contributed by atoms with Gasteiger partial charge in [-0.05, 0) is 17.7 Å². The number of aromatic nitrogens is 5. The van der Waals surface area contributed by atoms with Crippen LogP contribution in [0.3, 0.4) is 0 Å². The number of benzene rings is 2. The summed E-state index contributed by atoms with van der Waals surface area (Å²) in [4.78, 5) is 46.0. The van der Waals surface area contributed by atoms with E-state index in [1.807, 2.05) is 60.7 Å². The smallest absolute Gasteiger partial charge is 0.240 e. The molecular weight excluding hydrogens is 448 g/mol. The van der Waals surface area contributed by atoms with Crippen molar-refractivity contribution in [1.29, 1.82) is 0 Å². The number of hydrogen-bond donors (Lipinski definition) is 1. The number of amides is 2. The molecule has 1 aliphatic heterocycles. The predicted molar refractivity (Wildman–Crippen MR) is 124 cm³/mol. The van der Waals surface area contributed by atoms with Crippen LogP contribution in [0.2, 0.25) is 0 Å². The Hall–Kier alpha value is -4.67. The Kier molecular flexibility index (Phi) is 4.76. The number of likely N-dealkylation sites (tertiary alicyclic amines) is 1. The lowest BCUT2D eigenvalue weighted by molar-refractivity contribution is -0.142. The Morgan fingerprint density at radius 2 is 1.51 bits per heavy atom. The zero-order valence-corrected chi connectivity index (χ0v) is 18.6. The maximum atomic E-state index is 12.9. The fourth-order valence-electron chi connectivity index (χ4n) is 4.48. The van der Waals surface area contributed by atoms with E-state index in [0.29, 0.717) is 5.95 Å². The first kappa shape index (κ1) is 20.9. The summed E-state index contributed by atoms with van der Waals surface area (Å²) in [5.74, 6) is -1.05. The lowest BCUT2D eigenvalue weighted by atomic mass is 10.2. The second-order valence-electron chi connectivity index (χ2n) is 8.49. The molecule has 0 bridgehead atoms. The summed E-state index contributed by atoms with van der Waals surface area (Å²) in [7, 11) is 1.80. The largest absolute Gasteiger partial charge is 0.368 e. The average molecular weight is 468 g/mol. The Morgan fingerprint density at radius 3 is 2.20 bits per heavy atom. The first-order valence-electron chi connectivity index (χ1n) is 11.0. The number of carbonyl (C=O) groups is 2. The summed E-state index contributed by atoms with van der Waals surface area (Å²) in [6.45, 7) is 0.259. The molecule has 174 valence electrons. The zero-order chi connectivity index (χ0) is 24.1. The molecule has 0 spiro atoms. The lowest BCUT2D eigenvalue weighted by Crippen LogP contribution is -2.33. The van der Waals surface area contributed by atoms with Gasteiger partial charge in [0.05, 0.1) is 24.3 Å². The van der Waals surface area contributed by atoms with Crippen LogP contribution in [0.25, 0.3) is 11.6 Å². The highest BCUT2D eigenvalue weighted by Gasteiger charge is 2.69. The highest BCUT2D eigenvalue weighted by atomic mass is 16.5. The van der Waals surface area contributed by atoms with E-state index in [2.05, 4.69) is 25.1 Å². The van der Waals surface area contributed by atoms with Crippen molar-refractivity contribution in [3.8, 4) is 11.6 Å². The third-order valence-electron chi connectivity index (χ3n) is 6.32. The van der Waals surface area contributed by atoms with Crippen molar-refractivity contribution in [2.24, 2.45) is 11.8 Å². The van der Waals surface area contributed by atoms with Crippen LogP contribution in [0.4, 0.5) is 17.6 Å². The van der Waals surface area contributed by atoms with E-state index < -0.39 is 17.8 Å². The van der Waals surface area contributed by atoms with Crippen LogP contribution in [-0.2, 0) is 16.1 Å². The molecule has 2 aromatic heterocycles. The number of nitrogens with two attached hydrogens (primary N) is 1. The Labute approximate surface area is 199 Å². The number of nitrogens with zero attached hydrogens (tertiary/aromatic N) is 7. The summed E-state index contributed by atoms with van der Waals surface area (Å²) in [6.07, 6.45) is 0. The molecule has 1 saturated carbocycles. The first-order chi connectivity index (χ1) is 17.0. The van der Waals surface area contributed by atoms with Gasteiger partial charge in [-0.1, -0.05) is 53.7 Å². The summed E-state index contributed by atoms with van der Waals surface area (Å²) < 4.78 is 5.42. The summed E-state index contributed by atoms with van der Waals surface area (Å²) in [5, 5.41) is 3.98. The third-order valence-corrected chi connectivity index (χ3v) is 6.32. The van der Waals surface area contributed by atoms with Crippen molar-refractivity contribution in [2.45, 2.75) is 12.5 Å². The molecule has 2 atom stereocenters. The molecule has 2 fully saturated rings. The summed E-state index contributed by atoms with van der Waals surface area (Å²) >= 11 is 0. The van der Waals surface area contributed by atoms with Crippen LogP contribution in [-0.4, -0.2) is 48.9 Å². The number of rotatable bonds is 6. The molecule has 11 heteroatoms. The number of hydrogen-bond acceptors (Lipinski definition) is 10. The number of anilines is 3.